The summed E-state index contributed by atoms with van der Waals surface area (Å²) in [5.74, 6) is 0.0998. The molecule has 1 aliphatic heterocycles. The van der Waals surface area contributed by atoms with Crippen LogP contribution in [0.4, 0.5) is 25.2 Å². The van der Waals surface area contributed by atoms with Gasteiger partial charge < -0.3 is 15.4 Å². The maximum absolute atomic E-state index is 12.9. The Kier molecular flexibility index (Phi) is 5.30. The molecule has 1 saturated heterocycles. The van der Waals surface area contributed by atoms with Gasteiger partial charge in [-0.05, 0) is 50.1 Å². The van der Waals surface area contributed by atoms with Crippen LogP contribution in [0.1, 0.15) is 31.5 Å². The largest absolute Gasteiger partial charge is 0.442 e. The van der Waals surface area contributed by atoms with Crippen molar-refractivity contribution in [3.63, 3.8) is 0 Å². The molecule has 1 aromatic carbocycles. The summed E-state index contributed by atoms with van der Waals surface area (Å²) >= 11 is 0. The lowest BCUT2D eigenvalue weighted by Crippen LogP contribution is -2.44. The molecule has 31 heavy (non-hydrogen) atoms. The number of cyclic esters (lactones) is 1. The molecule has 10 heteroatoms. The lowest BCUT2D eigenvalue weighted by atomic mass is 9.99. The molecule has 4 rings (SSSR count). The second kappa shape index (κ2) is 7.93. The van der Waals surface area contributed by atoms with E-state index in [9.17, 15) is 13.6 Å². The molecule has 0 bridgehead atoms. The quantitative estimate of drug-likeness (QED) is 0.611. The van der Waals surface area contributed by atoms with Gasteiger partial charge >= 0.3 is 6.09 Å². The van der Waals surface area contributed by atoms with Crippen LogP contribution < -0.4 is 10.6 Å². The van der Waals surface area contributed by atoms with E-state index in [4.69, 9.17) is 4.74 Å². The molecule has 1 fully saturated rings. The SMILES string of the molecule is Cc1cc(Nc2nccc(C(F)F)n2)cc(-c2cnn(CC3OC(=O)NC3(C)C)c2)c1. The molecule has 2 N–H and O–H groups in total. The number of amides is 1. The maximum Gasteiger partial charge on any atom is 0.408 e. The van der Waals surface area contributed by atoms with E-state index in [1.807, 2.05) is 45.2 Å². The molecule has 1 amide bonds. The number of alkyl carbamates (subject to hydrolysis) is 1. The van der Waals surface area contributed by atoms with Crippen molar-refractivity contribution >= 4 is 17.7 Å². The van der Waals surface area contributed by atoms with E-state index >= 15 is 0 Å². The average molecular weight is 428 g/mol. The predicted octanol–water partition coefficient (Wildman–Crippen LogP) is 4.22. The number of alkyl halides is 2. The molecular weight excluding hydrogens is 406 g/mol. The second-order valence-electron chi connectivity index (χ2n) is 8.01. The van der Waals surface area contributed by atoms with Crippen molar-refractivity contribution in [2.45, 2.75) is 45.4 Å². The fraction of sp³-hybridized carbons (Fsp3) is 0.333. The third-order valence-electron chi connectivity index (χ3n) is 5.03. The van der Waals surface area contributed by atoms with E-state index in [1.54, 1.807) is 10.9 Å². The number of benzene rings is 1. The second-order valence-corrected chi connectivity index (χ2v) is 8.01. The van der Waals surface area contributed by atoms with Crippen LogP contribution in [-0.2, 0) is 11.3 Å². The number of aryl methyl sites for hydroxylation is 1. The topological polar surface area (TPSA) is 94.0 Å². The lowest BCUT2D eigenvalue weighted by molar-refractivity contribution is 0.101. The van der Waals surface area contributed by atoms with Gasteiger partial charge in [0.2, 0.25) is 5.95 Å². The van der Waals surface area contributed by atoms with E-state index in [0.717, 1.165) is 16.7 Å². The summed E-state index contributed by atoms with van der Waals surface area (Å²) in [6.07, 6.45) is 1.45. The number of rotatable bonds is 6. The van der Waals surface area contributed by atoms with Gasteiger partial charge in [-0.1, -0.05) is 6.07 Å². The van der Waals surface area contributed by atoms with Crippen LogP contribution in [-0.4, -0.2) is 37.5 Å². The van der Waals surface area contributed by atoms with Crippen LogP contribution in [0.3, 0.4) is 0 Å². The first-order chi connectivity index (χ1) is 14.7. The van der Waals surface area contributed by atoms with Crippen molar-refractivity contribution in [3.8, 4) is 11.1 Å². The molecule has 3 aromatic rings. The zero-order chi connectivity index (χ0) is 22.2. The first-order valence-electron chi connectivity index (χ1n) is 9.71. The molecule has 1 aliphatic rings. The Morgan fingerprint density at radius 3 is 2.81 bits per heavy atom. The maximum atomic E-state index is 12.9. The summed E-state index contributed by atoms with van der Waals surface area (Å²) in [7, 11) is 0. The van der Waals surface area contributed by atoms with Crippen molar-refractivity contribution in [1.29, 1.82) is 0 Å². The third-order valence-corrected chi connectivity index (χ3v) is 5.03. The highest BCUT2D eigenvalue weighted by Gasteiger charge is 2.41. The number of ether oxygens (including phenoxy) is 1. The molecule has 0 spiro atoms. The normalized spacial score (nSPS) is 17.5. The van der Waals surface area contributed by atoms with Crippen molar-refractivity contribution < 1.29 is 18.3 Å². The molecule has 0 aliphatic carbocycles. The van der Waals surface area contributed by atoms with Gasteiger partial charge in [0.1, 0.15) is 11.8 Å². The molecule has 3 heterocycles. The van der Waals surface area contributed by atoms with E-state index < -0.39 is 18.1 Å². The number of hydrogen-bond acceptors (Lipinski definition) is 6. The lowest BCUT2D eigenvalue weighted by Gasteiger charge is -2.23. The van der Waals surface area contributed by atoms with Crippen LogP contribution in [0, 0.1) is 6.92 Å². The number of anilines is 2. The molecule has 2 aromatic heterocycles. The van der Waals surface area contributed by atoms with Gasteiger partial charge in [0.25, 0.3) is 6.43 Å². The van der Waals surface area contributed by atoms with Gasteiger partial charge in [0.05, 0.1) is 18.3 Å². The minimum Gasteiger partial charge on any atom is -0.442 e. The van der Waals surface area contributed by atoms with Crippen molar-refractivity contribution in [1.82, 2.24) is 25.1 Å². The number of nitrogens with one attached hydrogen (secondary N) is 2. The number of halogens is 2. The van der Waals surface area contributed by atoms with Gasteiger partial charge in [-0.3, -0.25) is 4.68 Å². The van der Waals surface area contributed by atoms with Crippen LogP contribution in [0.5, 0.6) is 0 Å². The average Bonchev–Trinajstić information content (AvgIpc) is 3.25. The highest BCUT2D eigenvalue weighted by atomic mass is 19.3. The highest BCUT2D eigenvalue weighted by Crippen LogP contribution is 2.27. The first kappa shape index (κ1) is 20.7. The Bertz CT molecular complexity index is 1110. The summed E-state index contributed by atoms with van der Waals surface area (Å²) in [6, 6.07) is 6.92. The molecule has 1 unspecified atom stereocenters. The smallest absolute Gasteiger partial charge is 0.408 e. The van der Waals surface area contributed by atoms with Gasteiger partial charge in [-0.25, -0.2) is 23.5 Å². The van der Waals surface area contributed by atoms with E-state index in [-0.39, 0.29) is 17.7 Å². The minimum absolute atomic E-state index is 0.0998. The van der Waals surface area contributed by atoms with Gasteiger partial charge in [0.15, 0.2) is 0 Å². The Hall–Kier alpha value is -3.56. The van der Waals surface area contributed by atoms with E-state index in [1.165, 1.54) is 12.3 Å². The number of aromatic nitrogens is 4. The summed E-state index contributed by atoms with van der Waals surface area (Å²) in [5, 5.41) is 10.2. The molecule has 1 atom stereocenters. The van der Waals surface area contributed by atoms with Crippen LogP contribution in [0.25, 0.3) is 11.1 Å². The predicted molar refractivity (Wildman–Crippen MR) is 110 cm³/mol. The van der Waals surface area contributed by atoms with E-state index in [2.05, 4.69) is 25.7 Å². The zero-order valence-electron chi connectivity index (χ0n) is 17.3. The number of nitrogens with zero attached hydrogens (tertiary/aromatic N) is 4. The van der Waals surface area contributed by atoms with Crippen LogP contribution >= 0.6 is 0 Å². The third kappa shape index (κ3) is 4.62. The van der Waals surface area contributed by atoms with Crippen molar-refractivity contribution in [2.75, 3.05) is 5.32 Å². The molecular formula is C21H22F2N6O2. The Morgan fingerprint density at radius 1 is 1.29 bits per heavy atom. The Balaban J connectivity index is 1.54. The number of carbonyl (C=O) groups excluding carboxylic acids is 1. The highest BCUT2D eigenvalue weighted by molar-refractivity contribution is 5.71. The van der Waals surface area contributed by atoms with Gasteiger partial charge in [-0.2, -0.15) is 5.10 Å². The molecule has 0 saturated carbocycles. The standard InChI is InChI=1S/C21H22F2N6O2/c1-12-6-13(8-15(7-12)26-19-24-5-4-16(27-19)18(22)23)14-9-25-29(10-14)11-17-21(2,3)28-20(30)31-17/h4-10,17-18H,11H2,1-3H3,(H,28,30)(H,24,26,27). The molecule has 162 valence electrons. The number of carbonyl (C=O) groups is 1. The molecule has 0 radical (unpaired) electrons. The minimum atomic E-state index is -2.67. The van der Waals surface area contributed by atoms with Crippen molar-refractivity contribution in [2.24, 2.45) is 0 Å². The van der Waals surface area contributed by atoms with Gasteiger partial charge in [-0.15, -0.1) is 0 Å². The van der Waals surface area contributed by atoms with Crippen LogP contribution in [0.2, 0.25) is 0 Å². The summed E-state index contributed by atoms with van der Waals surface area (Å²) in [5.41, 5.74) is 2.56. The molecule has 8 nitrogen and oxygen atoms in total. The monoisotopic (exact) mass is 428 g/mol. The summed E-state index contributed by atoms with van der Waals surface area (Å²) < 4.78 is 32.9. The van der Waals surface area contributed by atoms with Gasteiger partial charge in [0, 0.05) is 23.6 Å². The zero-order valence-corrected chi connectivity index (χ0v) is 17.3. The van der Waals surface area contributed by atoms with Crippen LogP contribution in [0.15, 0.2) is 42.9 Å². The first-order valence-corrected chi connectivity index (χ1v) is 9.71. The fourth-order valence-electron chi connectivity index (χ4n) is 3.40. The van der Waals surface area contributed by atoms with E-state index in [0.29, 0.717) is 12.2 Å². The summed E-state index contributed by atoms with van der Waals surface area (Å²) in [6.45, 7) is 6.14. The fourth-order valence-corrected chi connectivity index (χ4v) is 3.40. The Labute approximate surface area is 177 Å². The Morgan fingerprint density at radius 2 is 2.10 bits per heavy atom. The van der Waals surface area contributed by atoms with Crippen molar-refractivity contribution in [3.05, 3.63) is 54.1 Å². The number of hydrogen-bond donors (Lipinski definition) is 2. The summed E-state index contributed by atoms with van der Waals surface area (Å²) in [4.78, 5) is 19.4.